The van der Waals surface area contributed by atoms with E-state index in [-0.39, 0.29) is 5.97 Å². The first kappa shape index (κ1) is 11.4. The zero-order valence-corrected chi connectivity index (χ0v) is 10.6. The molecule has 0 amide bonds. The molecule has 0 radical (unpaired) electrons. The summed E-state index contributed by atoms with van der Waals surface area (Å²) in [5.41, 5.74) is 0.400. The highest BCUT2D eigenvalue weighted by molar-refractivity contribution is 7.13. The van der Waals surface area contributed by atoms with Gasteiger partial charge >= 0.3 is 5.97 Å². The number of ether oxygens (including phenoxy) is 1. The Kier molecular flexibility index (Phi) is 3.14. The number of aromatic nitrogens is 1. The van der Waals surface area contributed by atoms with Crippen molar-refractivity contribution in [2.75, 3.05) is 19.1 Å². The van der Waals surface area contributed by atoms with Crippen molar-refractivity contribution in [1.29, 1.82) is 0 Å². The predicted molar refractivity (Wildman–Crippen MR) is 64.0 cm³/mol. The van der Waals surface area contributed by atoms with Crippen molar-refractivity contribution in [3.8, 4) is 0 Å². The quantitative estimate of drug-likeness (QED) is 0.756. The predicted octanol–water partition coefficient (Wildman–Crippen LogP) is 2.16. The van der Waals surface area contributed by atoms with Gasteiger partial charge in [0.2, 0.25) is 0 Å². The van der Waals surface area contributed by atoms with E-state index in [4.69, 9.17) is 0 Å². The van der Waals surface area contributed by atoms with Crippen LogP contribution in [-0.2, 0) is 4.74 Å². The first-order valence-corrected chi connectivity index (χ1v) is 6.28. The van der Waals surface area contributed by atoms with E-state index >= 15 is 0 Å². The van der Waals surface area contributed by atoms with Gasteiger partial charge in [-0.15, -0.1) is 11.3 Å². The smallest absolute Gasteiger partial charge is 0.357 e. The van der Waals surface area contributed by atoms with Crippen LogP contribution >= 0.6 is 11.3 Å². The van der Waals surface area contributed by atoms with Crippen LogP contribution in [0.3, 0.4) is 0 Å². The minimum atomic E-state index is -0.366. The molecule has 0 N–H and O–H groups in total. The molecular formula is C11H16N2O2S. The Morgan fingerprint density at radius 2 is 2.38 bits per heavy atom. The summed E-state index contributed by atoms with van der Waals surface area (Å²) in [4.78, 5) is 17.7. The molecule has 1 aliphatic rings. The number of carbonyl (C=O) groups is 1. The van der Waals surface area contributed by atoms with Crippen LogP contribution in [0.15, 0.2) is 5.38 Å². The monoisotopic (exact) mass is 240 g/mol. The summed E-state index contributed by atoms with van der Waals surface area (Å²) in [6.07, 6.45) is 2.61. The maximum Gasteiger partial charge on any atom is 0.357 e. The molecule has 0 bridgehead atoms. The molecule has 2 rings (SSSR count). The molecule has 1 fully saturated rings. The Labute approximate surface area is 99.2 Å². The molecule has 1 saturated carbocycles. The number of methoxy groups -OCH3 is 1. The van der Waals surface area contributed by atoms with Crippen molar-refractivity contribution in [2.24, 2.45) is 5.92 Å². The van der Waals surface area contributed by atoms with E-state index in [1.54, 1.807) is 5.38 Å². The first-order valence-electron chi connectivity index (χ1n) is 5.40. The van der Waals surface area contributed by atoms with Crippen LogP contribution in [0.4, 0.5) is 5.13 Å². The van der Waals surface area contributed by atoms with E-state index < -0.39 is 0 Å². The minimum absolute atomic E-state index is 0.366. The Bertz CT molecular complexity index is 387. The molecule has 0 saturated heterocycles. The van der Waals surface area contributed by atoms with Gasteiger partial charge in [0.1, 0.15) is 0 Å². The summed E-state index contributed by atoms with van der Waals surface area (Å²) >= 11 is 1.49. The van der Waals surface area contributed by atoms with Gasteiger partial charge in [0, 0.05) is 18.5 Å². The second-order valence-corrected chi connectivity index (χ2v) is 5.03. The summed E-state index contributed by atoms with van der Waals surface area (Å²) in [6, 6.07) is 0.497. The van der Waals surface area contributed by atoms with Crippen LogP contribution in [0.5, 0.6) is 0 Å². The maximum absolute atomic E-state index is 11.3. The third kappa shape index (κ3) is 2.19. The van der Waals surface area contributed by atoms with E-state index in [1.807, 2.05) is 7.05 Å². The maximum atomic E-state index is 11.3. The normalized spacial score (nSPS) is 16.9. The minimum Gasteiger partial charge on any atom is -0.464 e. The average Bonchev–Trinajstić information content (AvgIpc) is 3.03. The number of nitrogens with zero attached hydrogens (tertiary/aromatic N) is 2. The van der Waals surface area contributed by atoms with Gasteiger partial charge in [0.05, 0.1) is 7.11 Å². The van der Waals surface area contributed by atoms with Gasteiger partial charge in [-0.3, -0.25) is 0 Å². The summed E-state index contributed by atoms with van der Waals surface area (Å²) in [5, 5.41) is 2.64. The summed E-state index contributed by atoms with van der Waals surface area (Å²) in [6.45, 7) is 2.21. The van der Waals surface area contributed by atoms with Gasteiger partial charge in [-0.1, -0.05) is 0 Å². The molecule has 0 aromatic carbocycles. The van der Waals surface area contributed by atoms with Crippen LogP contribution in [-0.4, -0.2) is 31.2 Å². The first-order chi connectivity index (χ1) is 7.63. The fourth-order valence-electron chi connectivity index (χ4n) is 1.69. The average molecular weight is 240 g/mol. The number of anilines is 1. The Balaban J connectivity index is 2.08. The summed E-state index contributed by atoms with van der Waals surface area (Å²) in [7, 11) is 3.40. The van der Waals surface area contributed by atoms with Gasteiger partial charge in [-0.25, -0.2) is 9.78 Å². The fraction of sp³-hybridized carbons (Fsp3) is 0.636. The Hall–Kier alpha value is -1.10. The van der Waals surface area contributed by atoms with Crippen LogP contribution < -0.4 is 4.90 Å². The summed E-state index contributed by atoms with van der Waals surface area (Å²) in [5.74, 6) is 0.422. The van der Waals surface area contributed by atoms with Gasteiger partial charge in [-0.05, 0) is 25.7 Å². The molecule has 4 nitrogen and oxygen atoms in total. The van der Waals surface area contributed by atoms with Gasteiger partial charge < -0.3 is 9.64 Å². The third-order valence-corrected chi connectivity index (χ3v) is 4.03. The number of hydrogen-bond donors (Lipinski definition) is 0. The molecule has 1 unspecified atom stereocenters. The van der Waals surface area contributed by atoms with Crippen LogP contribution in [0, 0.1) is 5.92 Å². The largest absolute Gasteiger partial charge is 0.464 e. The second kappa shape index (κ2) is 4.41. The molecule has 1 aromatic heterocycles. The van der Waals surface area contributed by atoms with Crippen molar-refractivity contribution in [2.45, 2.75) is 25.8 Å². The summed E-state index contributed by atoms with van der Waals surface area (Å²) < 4.78 is 4.64. The molecule has 88 valence electrons. The van der Waals surface area contributed by atoms with Gasteiger partial charge in [0.15, 0.2) is 10.8 Å². The van der Waals surface area contributed by atoms with E-state index in [0.717, 1.165) is 11.0 Å². The van der Waals surface area contributed by atoms with Crippen molar-refractivity contribution < 1.29 is 9.53 Å². The van der Waals surface area contributed by atoms with Crippen molar-refractivity contribution in [1.82, 2.24) is 4.98 Å². The fourth-order valence-corrected chi connectivity index (χ4v) is 2.54. The SMILES string of the molecule is COC(=O)c1csc(N(C)C(C)C2CC2)n1. The third-order valence-electron chi connectivity index (χ3n) is 3.10. The van der Waals surface area contributed by atoms with Crippen molar-refractivity contribution in [3.63, 3.8) is 0 Å². The van der Waals surface area contributed by atoms with Crippen molar-refractivity contribution >= 4 is 22.4 Å². The lowest BCUT2D eigenvalue weighted by molar-refractivity contribution is 0.0595. The zero-order valence-electron chi connectivity index (χ0n) is 9.77. The van der Waals surface area contributed by atoms with E-state index in [9.17, 15) is 4.79 Å². The number of esters is 1. The van der Waals surface area contributed by atoms with Crippen LogP contribution in [0.2, 0.25) is 0 Å². The molecule has 1 aliphatic carbocycles. The standard InChI is InChI=1S/C11H16N2O2S/c1-7(8-4-5-8)13(2)11-12-9(6-16-11)10(14)15-3/h6-8H,4-5H2,1-3H3. The number of rotatable bonds is 4. The van der Waals surface area contributed by atoms with Gasteiger partial charge in [-0.2, -0.15) is 0 Å². The topological polar surface area (TPSA) is 42.4 Å². The van der Waals surface area contributed by atoms with E-state index in [1.165, 1.54) is 31.3 Å². The van der Waals surface area contributed by atoms with Gasteiger partial charge in [0.25, 0.3) is 0 Å². The lowest BCUT2D eigenvalue weighted by atomic mass is 10.2. The highest BCUT2D eigenvalue weighted by Gasteiger charge is 2.31. The van der Waals surface area contributed by atoms with E-state index in [2.05, 4.69) is 21.5 Å². The molecule has 5 heteroatoms. The Morgan fingerprint density at radius 3 is 2.94 bits per heavy atom. The van der Waals surface area contributed by atoms with Crippen LogP contribution in [0.25, 0.3) is 0 Å². The highest BCUT2D eigenvalue weighted by atomic mass is 32.1. The lowest BCUT2D eigenvalue weighted by Gasteiger charge is -2.23. The molecule has 1 aromatic rings. The van der Waals surface area contributed by atoms with E-state index in [0.29, 0.717) is 11.7 Å². The molecule has 16 heavy (non-hydrogen) atoms. The van der Waals surface area contributed by atoms with Crippen LogP contribution in [0.1, 0.15) is 30.3 Å². The molecule has 0 spiro atoms. The van der Waals surface area contributed by atoms with Crippen molar-refractivity contribution in [3.05, 3.63) is 11.1 Å². The second-order valence-electron chi connectivity index (χ2n) is 4.20. The zero-order chi connectivity index (χ0) is 11.7. The highest BCUT2D eigenvalue weighted by Crippen LogP contribution is 2.36. The number of carbonyl (C=O) groups excluding carboxylic acids is 1. The number of thiazole rings is 1. The number of hydrogen-bond acceptors (Lipinski definition) is 5. The lowest BCUT2D eigenvalue weighted by Crippen LogP contribution is -2.30. The molecular weight excluding hydrogens is 224 g/mol. The Morgan fingerprint density at radius 1 is 1.69 bits per heavy atom. The molecule has 1 heterocycles. The molecule has 1 atom stereocenters. The molecule has 0 aliphatic heterocycles.